The Morgan fingerprint density at radius 1 is 1.02 bits per heavy atom. The summed E-state index contributed by atoms with van der Waals surface area (Å²) in [7, 11) is 1.58. The van der Waals surface area contributed by atoms with Crippen LogP contribution in [0.1, 0.15) is 23.1 Å². The average Bonchev–Trinajstić information content (AvgIpc) is 3.24. The van der Waals surface area contributed by atoms with Crippen molar-refractivity contribution in [1.29, 1.82) is 0 Å². The number of rotatable bonds is 11. The highest BCUT2D eigenvalue weighted by Gasteiger charge is 2.29. The highest BCUT2D eigenvalue weighted by Crippen LogP contribution is 2.38. The molecule has 4 rings (SSSR count). The molecule has 0 fully saturated rings. The topological polar surface area (TPSA) is 108 Å². The van der Waals surface area contributed by atoms with E-state index >= 15 is 0 Å². The third-order valence-corrected chi connectivity index (χ3v) is 7.81. The van der Waals surface area contributed by atoms with Gasteiger partial charge in [-0.05, 0) is 80.2 Å². The molecule has 0 aliphatic carbocycles. The lowest BCUT2D eigenvalue weighted by Crippen LogP contribution is -2.35. The Hall–Kier alpha value is -4.22. The molecule has 0 aromatic heterocycles. The summed E-state index contributed by atoms with van der Waals surface area (Å²) < 4.78 is 45.0. The molecule has 0 atom stereocenters. The van der Waals surface area contributed by atoms with Crippen molar-refractivity contribution in [3.8, 4) is 0 Å². The molecule has 1 aliphatic heterocycles. The van der Waals surface area contributed by atoms with E-state index in [0.717, 1.165) is 5.56 Å². The maximum Gasteiger partial charge on any atom is 0.305 e. The molecule has 3 aromatic rings. The van der Waals surface area contributed by atoms with Gasteiger partial charge in [0.25, 0.3) is 5.91 Å². The Kier molecular flexibility index (Phi) is 9.09. The van der Waals surface area contributed by atoms with Gasteiger partial charge in [-0.15, -0.1) is 0 Å². The first-order valence-corrected chi connectivity index (χ1v) is 14.8. The number of hydrogen-bond donors (Lipinski definition) is 2. The van der Waals surface area contributed by atoms with E-state index in [4.69, 9.17) is 4.74 Å². The summed E-state index contributed by atoms with van der Waals surface area (Å²) in [5.74, 6) is -1.19. The summed E-state index contributed by atoms with van der Waals surface area (Å²) in [5.41, 5.74) is 4.40. The maximum atomic E-state index is 13.9. The number of carbonyl (C=O) groups is 2. The summed E-state index contributed by atoms with van der Waals surface area (Å²) in [5, 5.41) is 6.07. The number of anilines is 3. The van der Waals surface area contributed by atoms with Crippen molar-refractivity contribution in [1.82, 2.24) is 4.90 Å². The van der Waals surface area contributed by atoms with Crippen molar-refractivity contribution >= 4 is 50.2 Å². The van der Waals surface area contributed by atoms with Crippen LogP contribution in [0.3, 0.4) is 0 Å². The molecule has 9 nitrogen and oxygen atoms in total. The molecule has 1 amide bonds. The Labute approximate surface area is 239 Å². The zero-order valence-electron chi connectivity index (χ0n) is 23.4. The molecule has 2 N–H and O–H groups in total. The van der Waals surface area contributed by atoms with E-state index in [2.05, 4.69) is 10.6 Å². The van der Waals surface area contributed by atoms with Crippen LogP contribution in [0.15, 0.2) is 66.7 Å². The largest absolute Gasteiger partial charge is 0.469 e. The minimum absolute atomic E-state index is 0.202. The molecule has 0 unspecified atom stereocenters. The van der Waals surface area contributed by atoms with Gasteiger partial charge in [-0.1, -0.05) is 18.2 Å². The fourth-order valence-corrected chi connectivity index (χ4v) is 5.45. The molecule has 1 aliphatic rings. The monoisotopic (exact) mass is 580 g/mol. The Balaban J connectivity index is 1.75. The number of nitrogens with zero attached hydrogens (tertiary/aromatic N) is 2. The fourth-order valence-electron chi connectivity index (χ4n) is 4.54. The molecule has 41 heavy (non-hydrogen) atoms. The van der Waals surface area contributed by atoms with Crippen LogP contribution in [0.25, 0.3) is 11.3 Å². The summed E-state index contributed by atoms with van der Waals surface area (Å²) in [4.78, 5) is 26.8. The third kappa shape index (κ3) is 7.30. The van der Waals surface area contributed by atoms with E-state index in [9.17, 15) is 22.4 Å². The predicted molar refractivity (Wildman–Crippen MR) is 159 cm³/mol. The van der Waals surface area contributed by atoms with Crippen LogP contribution in [0, 0.1) is 5.82 Å². The lowest BCUT2D eigenvalue weighted by atomic mass is 9.97. The Morgan fingerprint density at radius 3 is 2.41 bits per heavy atom. The molecule has 3 aromatic carbocycles. The number of methoxy groups -OCH3 is 1. The van der Waals surface area contributed by atoms with Gasteiger partial charge in [-0.3, -0.25) is 13.9 Å². The highest BCUT2D eigenvalue weighted by molar-refractivity contribution is 7.92. The van der Waals surface area contributed by atoms with Gasteiger partial charge in [0.15, 0.2) is 0 Å². The summed E-state index contributed by atoms with van der Waals surface area (Å²) in [6.45, 7) is 0.838. The van der Waals surface area contributed by atoms with Gasteiger partial charge in [0, 0.05) is 30.8 Å². The molecule has 216 valence electrons. The molecule has 0 radical (unpaired) electrons. The molecule has 11 heteroatoms. The van der Waals surface area contributed by atoms with E-state index in [1.165, 1.54) is 29.8 Å². The number of esters is 1. The number of ether oxygens (including phenoxy) is 1. The minimum Gasteiger partial charge on any atom is -0.469 e. The SMILES string of the molecule is COC(=O)CCc1cccc(/C(Nc2ccc(N(CCN(C)C)S(C)(=O)=O)cc2)=C2/C(=O)Nc3cc(F)ccc32)c1. The van der Waals surface area contributed by atoms with Gasteiger partial charge in [-0.25, -0.2) is 12.8 Å². The van der Waals surface area contributed by atoms with E-state index in [1.807, 2.05) is 43.3 Å². The van der Waals surface area contributed by atoms with Crippen LogP contribution in [0.5, 0.6) is 0 Å². The zero-order chi connectivity index (χ0) is 29.7. The first kappa shape index (κ1) is 29.8. The van der Waals surface area contributed by atoms with Crippen molar-refractivity contribution in [2.45, 2.75) is 12.8 Å². The van der Waals surface area contributed by atoms with Crippen LogP contribution in [-0.2, 0) is 30.8 Å². The molecule has 0 bridgehead atoms. The Bertz CT molecular complexity index is 1590. The summed E-state index contributed by atoms with van der Waals surface area (Å²) >= 11 is 0. The zero-order valence-corrected chi connectivity index (χ0v) is 24.2. The normalized spacial score (nSPS) is 14.0. The van der Waals surface area contributed by atoms with Crippen LogP contribution < -0.4 is 14.9 Å². The first-order valence-electron chi connectivity index (χ1n) is 13.0. The number of sulfonamides is 1. The smallest absolute Gasteiger partial charge is 0.305 e. The van der Waals surface area contributed by atoms with Crippen molar-refractivity contribution in [3.05, 3.63) is 89.2 Å². The molecular formula is C30H33FN4O5S. The molecule has 1 heterocycles. The van der Waals surface area contributed by atoms with Gasteiger partial charge in [0.2, 0.25) is 10.0 Å². The number of likely N-dealkylation sites (N-methyl/N-ethyl adjacent to an activating group) is 1. The van der Waals surface area contributed by atoms with Crippen molar-refractivity contribution < 1.29 is 27.1 Å². The first-order chi connectivity index (χ1) is 19.5. The van der Waals surface area contributed by atoms with Crippen LogP contribution in [-0.4, -0.2) is 65.7 Å². The van der Waals surface area contributed by atoms with Crippen molar-refractivity contribution in [3.63, 3.8) is 0 Å². The lowest BCUT2D eigenvalue weighted by Gasteiger charge is -2.24. The van der Waals surface area contributed by atoms with Gasteiger partial charge in [0.05, 0.1) is 36.0 Å². The molecule has 0 saturated carbocycles. The maximum absolute atomic E-state index is 13.9. The summed E-state index contributed by atoms with van der Waals surface area (Å²) in [6.07, 6.45) is 1.82. The molecule has 0 saturated heterocycles. The predicted octanol–water partition coefficient (Wildman–Crippen LogP) is 4.19. The lowest BCUT2D eigenvalue weighted by molar-refractivity contribution is -0.140. The second-order valence-electron chi connectivity index (χ2n) is 9.98. The van der Waals surface area contributed by atoms with Gasteiger partial charge in [-0.2, -0.15) is 0 Å². The van der Waals surface area contributed by atoms with Gasteiger partial charge >= 0.3 is 5.97 Å². The minimum atomic E-state index is -3.51. The van der Waals surface area contributed by atoms with Crippen molar-refractivity contribution in [2.75, 3.05) is 55.5 Å². The Morgan fingerprint density at radius 2 is 1.76 bits per heavy atom. The van der Waals surface area contributed by atoms with Crippen molar-refractivity contribution in [2.24, 2.45) is 0 Å². The average molecular weight is 581 g/mol. The van der Waals surface area contributed by atoms with E-state index < -0.39 is 21.7 Å². The number of benzene rings is 3. The quantitative estimate of drug-likeness (QED) is 0.259. The van der Waals surface area contributed by atoms with Crippen LogP contribution in [0.2, 0.25) is 0 Å². The molecular weight excluding hydrogens is 547 g/mol. The van der Waals surface area contributed by atoms with E-state index in [-0.39, 0.29) is 12.4 Å². The second kappa shape index (κ2) is 12.5. The highest BCUT2D eigenvalue weighted by atomic mass is 32.2. The number of nitrogens with one attached hydrogen (secondary N) is 2. The van der Waals surface area contributed by atoms with Gasteiger partial charge < -0.3 is 20.3 Å². The van der Waals surface area contributed by atoms with Crippen LogP contribution in [0.4, 0.5) is 21.5 Å². The number of aryl methyl sites for hydroxylation is 1. The number of halogens is 1. The second-order valence-corrected chi connectivity index (χ2v) is 11.9. The van der Waals surface area contributed by atoms with Crippen LogP contribution >= 0.6 is 0 Å². The van der Waals surface area contributed by atoms with E-state index in [1.54, 1.807) is 30.3 Å². The number of amides is 1. The fraction of sp³-hybridized carbons (Fsp3) is 0.267. The number of hydrogen-bond acceptors (Lipinski definition) is 7. The number of carbonyl (C=O) groups excluding carboxylic acids is 2. The standard InChI is InChI=1S/C30H33FN4O5S/c1-34(2)16-17-35(41(4,38)39)24-12-10-23(11-13-24)32-29(21-7-5-6-20(18-21)8-15-27(36)40-3)28-25-14-9-22(31)19-26(25)33-30(28)37/h5-7,9-14,18-19,32H,8,15-17H2,1-4H3,(H,33,37)/b29-28-. The number of fused-ring (bicyclic) bond motifs is 1. The van der Waals surface area contributed by atoms with E-state index in [0.29, 0.717) is 59.0 Å². The summed E-state index contributed by atoms with van der Waals surface area (Å²) in [6, 6.07) is 18.4. The third-order valence-electron chi connectivity index (χ3n) is 6.61. The van der Waals surface area contributed by atoms with Gasteiger partial charge in [0.1, 0.15) is 5.82 Å². The molecule has 0 spiro atoms.